The summed E-state index contributed by atoms with van der Waals surface area (Å²) in [6.45, 7) is 4.63. The van der Waals surface area contributed by atoms with E-state index in [0.717, 1.165) is 34.6 Å². The van der Waals surface area contributed by atoms with Gasteiger partial charge in [0.05, 0.1) is 19.1 Å². The number of allylic oxidation sites excluding steroid dienone is 2. The molecule has 4 nitrogen and oxygen atoms in total. The normalized spacial score (nSPS) is 14.8. The van der Waals surface area contributed by atoms with Crippen molar-refractivity contribution < 1.29 is 19.0 Å². The molecule has 4 rings (SSSR count). The van der Waals surface area contributed by atoms with Gasteiger partial charge in [-0.2, -0.15) is 0 Å². The van der Waals surface area contributed by atoms with Crippen LogP contribution in [-0.2, 0) is 13.0 Å². The van der Waals surface area contributed by atoms with Gasteiger partial charge in [0.1, 0.15) is 30.0 Å². The fourth-order valence-corrected chi connectivity index (χ4v) is 3.76. The molecule has 4 heteroatoms. The number of rotatable bonds is 7. The summed E-state index contributed by atoms with van der Waals surface area (Å²) in [5.41, 5.74) is 4.91. The molecular formula is C28H28O4. The first-order valence-corrected chi connectivity index (χ1v) is 10.8. The summed E-state index contributed by atoms with van der Waals surface area (Å²) in [5, 5.41) is 0. The highest BCUT2D eigenvalue weighted by atomic mass is 16.5. The topological polar surface area (TPSA) is 44.8 Å². The van der Waals surface area contributed by atoms with Gasteiger partial charge in [0, 0.05) is 6.07 Å². The summed E-state index contributed by atoms with van der Waals surface area (Å²) >= 11 is 0. The molecule has 0 N–H and O–H groups in total. The molecule has 3 aromatic carbocycles. The number of ketones is 1. The lowest BCUT2D eigenvalue weighted by molar-refractivity contribution is 0.0849. The minimum absolute atomic E-state index is 0.0850. The third-order valence-corrected chi connectivity index (χ3v) is 5.55. The van der Waals surface area contributed by atoms with Crippen LogP contribution in [0.1, 0.15) is 53.4 Å². The predicted molar refractivity (Wildman–Crippen MR) is 126 cm³/mol. The molecule has 1 atom stereocenters. The smallest absolute Gasteiger partial charge is 0.170 e. The monoisotopic (exact) mass is 428 g/mol. The molecule has 1 heterocycles. The molecule has 0 spiro atoms. The number of carbonyl (C=O) groups excluding carboxylic acids is 1. The van der Waals surface area contributed by atoms with E-state index in [0.29, 0.717) is 24.3 Å². The van der Waals surface area contributed by atoms with Crippen molar-refractivity contribution in [3.63, 3.8) is 0 Å². The van der Waals surface area contributed by atoms with Crippen molar-refractivity contribution in [2.45, 2.75) is 39.4 Å². The standard InChI is InChI=1S/C28H28O4/c1-19(2)9-10-22-15-24-25(29)16-27(32-28(24)17-26(22)30-3)21-11-13-23(14-12-21)31-18-20-7-5-4-6-8-20/h4-9,11-15,17,27H,10,16,18H2,1-3H3. The molecule has 1 unspecified atom stereocenters. The third kappa shape index (κ3) is 5.02. The van der Waals surface area contributed by atoms with Crippen LogP contribution < -0.4 is 14.2 Å². The Hall–Kier alpha value is -3.53. The summed E-state index contributed by atoms with van der Waals surface area (Å²) in [6, 6.07) is 21.6. The van der Waals surface area contributed by atoms with Gasteiger partial charge in [-0.05, 0) is 55.2 Å². The van der Waals surface area contributed by atoms with Crippen LogP contribution in [0.15, 0.2) is 78.4 Å². The SMILES string of the molecule is COc1cc2c(cc1CC=C(C)C)C(=O)CC(c1ccc(OCc3ccccc3)cc1)O2. The van der Waals surface area contributed by atoms with Crippen molar-refractivity contribution in [2.75, 3.05) is 7.11 Å². The Balaban J connectivity index is 1.49. The Kier molecular flexibility index (Phi) is 6.60. The number of hydrogen-bond acceptors (Lipinski definition) is 4. The number of Topliss-reactive ketones (excluding diaryl/α,β-unsaturated/α-hetero) is 1. The van der Waals surface area contributed by atoms with Gasteiger partial charge in [0.15, 0.2) is 5.78 Å². The zero-order chi connectivity index (χ0) is 22.5. The molecule has 0 aromatic heterocycles. The lowest BCUT2D eigenvalue weighted by Crippen LogP contribution is -2.20. The van der Waals surface area contributed by atoms with E-state index in [2.05, 4.69) is 19.9 Å². The summed E-state index contributed by atoms with van der Waals surface area (Å²) < 4.78 is 17.7. The maximum absolute atomic E-state index is 12.9. The molecule has 1 aliphatic rings. The number of ether oxygens (including phenoxy) is 3. The molecule has 0 bridgehead atoms. The second-order valence-electron chi connectivity index (χ2n) is 8.22. The van der Waals surface area contributed by atoms with Crippen LogP contribution in [0.4, 0.5) is 0 Å². The summed E-state index contributed by atoms with van der Waals surface area (Å²) in [5.74, 6) is 2.18. The maximum atomic E-state index is 12.9. The molecular weight excluding hydrogens is 400 g/mol. The van der Waals surface area contributed by atoms with Crippen LogP contribution in [0, 0.1) is 0 Å². The Labute approximate surface area is 189 Å². The number of methoxy groups -OCH3 is 1. The first kappa shape index (κ1) is 21.7. The lowest BCUT2D eigenvalue weighted by Gasteiger charge is -2.27. The fourth-order valence-electron chi connectivity index (χ4n) is 3.76. The average Bonchev–Trinajstić information content (AvgIpc) is 2.82. The number of fused-ring (bicyclic) bond motifs is 1. The molecule has 0 fully saturated rings. The number of carbonyl (C=O) groups is 1. The first-order chi connectivity index (χ1) is 15.5. The van der Waals surface area contributed by atoms with Crippen LogP contribution in [0.25, 0.3) is 0 Å². The van der Waals surface area contributed by atoms with Crippen molar-refractivity contribution in [2.24, 2.45) is 0 Å². The Morgan fingerprint density at radius 2 is 1.81 bits per heavy atom. The van der Waals surface area contributed by atoms with E-state index in [9.17, 15) is 4.79 Å². The van der Waals surface area contributed by atoms with Gasteiger partial charge in [-0.25, -0.2) is 0 Å². The van der Waals surface area contributed by atoms with Gasteiger partial charge in [0.25, 0.3) is 0 Å². The number of benzene rings is 3. The molecule has 32 heavy (non-hydrogen) atoms. The summed E-state index contributed by atoms with van der Waals surface area (Å²) in [4.78, 5) is 12.9. The van der Waals surface area contributed by atoms with Gasteiger partial charge in [-0.1, -0.05) is 54.1 Å². The minimum Gasteiger partial charge on any atom is -0.496 e. The number of hydrogen-bond donors (Lipinski definition) is 0. The molecule has 0 radical (unpaired) electrons. The molecule has 0 saturated heterocycles. The van der Waals surface area contributed by atoms with Crippen LogP contribution in [0.3, 0.4) is 0 Å². The minimum atomic E-state index is -0.327. The van der Waals surface area contributed by atoms with Crippen LogP contribution in [-0.4, -0.2) is 12.9 Å². The largest absolute Gasteiger partial charge is 0.496 e. The van der Waals surface area contributed by atoms with Crippen molar-refractivity contribution in [3.8, 4) is 17.2 Å². The lowest BCUT2D eigenvalue weighted by atomic mass is 9.94. The van der Waals surface area contributed by atoms with Crippen LogP contribution in [0.2, 0.25) is 0 Å². The second kappa shape index (κ2) is 9.73. The van der Waals surface area contributed by atoms with Crippen LogP contribution in [0.5, 0.6) is 17.2 Å². The Morgan fingerprint density at radius 1 is 1.06 bits per heavy atom. The van der Waals surface area contributed by atoms with Crippen LogP contribution >= 0.6 is 0 Å². The molecule has 0 saturated carbocycles. The molecule has 0 aliphatic carbocycles. The summed E-state index contributed by atoms with van der Waals surface area (Å²) in [6.07, 6.45) is 2.83. The quantitative estimate of drug-likeness (QED) is 0.404. The van der Waals surface area contributed by atoms with E-state index in [-0.39, 0.29) is 11.9 Å². The van der Waals surface area contributed by atoms with E-state index >= 15 is 0 Å². The van der Waals surface area contributed by atoms with E-state index in [1.807, 2.05) is 66.7 Å². The molecule has 1 aliphatic heterocycles. The average molecular weight is 429 g/mol. The highest BCUT2D eigenvalue weighted by Crippen LogP contribution is 2.39. The maximum Gasteiger partial charge on any atom is 0.170 e. The van der Waals surface area contributed by atoms with Gasteiger partial charge in [0.2, 0.25) is 0 Å². The first-order valence-electron chi connectivity index (χ1n) is 10.8. The van der Waals surface area contributed by atoms with E-state index < -0.39 is 0 Å². The van der Waals surface area contributed by atoms with Crippen molar-refractivity contribution in [1.82, 2.24) is 0 Å². The predicted octanol–water partition coefficient (Wildman–Crippen LogP) is 6.49. The molecule has 164 valence electrons. The van der Waals surface area contributed by atoms with Crippen molar-refractivity contribution in [3.05, 3.63) is 101 Å². The second-order valence-corrected chi connectivity index (χ2v) is 8.22. The van der Waals surface area contributed by atoms with Crippen molar-refractivity contribution in [1.29, 1.82) is 0 Å². The fraction of sp³-hybridized carbons (Fsp3) is 0.250. The van der Waals surface area contributed by atoms with Crippen molar-refractivity contribution >= 4 is 5.78 Å². The van der Waals surface area contributed by atoms with Gasteiger partial charge in [-0.15, -0.1) is 0 Å². The van der Waals surface area contributed by atoms with E-state index in [4.69, 9.17) is 14.2 Å². The molecule has 3 aromatic rings. The highest BCUT2D eigenvalue weighted by molar-refractivity contribution is 6.00. The van der Waals surface area contributed by atoms with Gasteiger partial charge >= 0.3 is 0 Å². The zero-order valence-corrected chi connectivity index (χ0v) is 18.8. The van der Waals surface area contributed by atoms with E-state index in [1.54, 1.807) is 7.11 Å². The summed E-state index contributed by atoms with van der Waals surface area (Å²) in [7, 11) is 1.64. The van der Waals surface area contributed by atoms with Gasteiger partial charge in [-0.3, -0.25) is 4.79 Å². The van der Waals surface area contributed by atoms with E-state index in [1.165, 1.54) is 5.57 Å². The highest BCUT2D eigenvalue weighted by Gasteiger charge is 2.29. The Bertz CT molecular complexity index is 1110. The van der Waals surface area contributed by atoms with Gasteiger partial charge < -0.3 is 14.2 Å². The Morgan fingerprint density at radius 3 is 2.50 bits per heavy atom. The third-order valence-electron chi connectivity index (χ3n) is 5.55. The zero-order valence-electron chi connectivity index (χ0n) is 18.8. The molecule has 0 amide bonds.